The van der Waals surface area contributed by atoms with Crippen LogP contribution in [0.3, 0.4) is 0 Å². The van der Waals surface area contributed by atoms with Crippen LogP contribution in [0, 0.1) is 0 Å². The number of carbonyl (C=O) groups is 1. The second-order valence-corrected chi connectivity index (χ2v) is 4.04. The fourth-order valence-electron chi connectivity index (χ4n) is 1.33. The minimum Gasteiger partial charge on any atom is -0.467 e. The van der Waals surface area contributed by atoms with Gasteiger partial charge >= 0.3 is 5.97 Å². The molecule has 0 bridgehead atoms. The second kappa shape index (κ2) is 4.49. The third-order valence-corrected chi connectivity index (χ3v) is 2.64. The van der Waals surface area contributed by atoms with Gasteiger partial charge in [0, 0.05) is 17.8 Å². The third-order valence-electron chi connectivity index (χ3n) is 2.64. The molecule has 1 atom stereocenters. The zero-order valence-electron chi connectivity index (χ0n) is 9.67. The minimum atomic E-state index is -1.22. The van der Waals surface area contributed by atoms with Crippen molar-refractivity contribution in [2.24, 2.45) is 0 Å². The first kappa shape index (κ1) is 12.4. The number of aromatic nitrogens is 2. The number of hydrogen-bond donors (Lipinski definition) is 1. The zero-order valence-corrected chi connectivity index (χ0v) is 9.67. The molecular formula is C11H16N2O3. The maximum atomic E-state index is 11.3. The molecule has 0 spiro atoms. The smallest absolute Gasteiger partial charge is 0.335 e. The van der Waals surface area contributed by atoms with E-state index < -0.39 is 17.5 Å². The van der Waals surface area contributed by atoms with Gasteiger partial charge < -0.3 is 9.84 Å². The highest BCUT2D eigenvalue weighted by molar-refractivity contribution is 5.76. The van der Waals surface area contributed by atoms with E-state index in [4.69, 9.17) is 0 Å². The maximum absolute atomic E-state index is 11.3. The van der Waals surface area contributed by atoms with Crippen LogP contribution < -0.4 is 0 Å². The summed E-state index contributed by atoms with van der Waals surface area (Å²) in [6, 6.07) is 0. The molecule has 0 saturated heterocycles. The van der Waals surface area contributed by atoms with Gasteiger partial charge in [-0.3, -0.25) is 0 Å². The van der Waals surface area contributed by atoms with Crippen LogP contribution in [0.1, 0.15) is 19.4 Å². The average molecular weight is 224 g/mol. The highest BCUT2D eigenvalue weighted by atomic mass is 16.5. The lowest BCUT2D eigenvalue weighted by Gasteiger charge is -2.27. The van der Waals surface area contributed by atoms with Crippen molar-refractivity contribution in [3.05, 3.63) is 24.5 Å². The number of aliphatic hydroxyl groups excluding tert-OH is 1. The number of esters is 1. The molecule has 5 nitrogen and oxygen atoms in total. The van der Waals surface area contributed by atoms with Crippen molar-refractivity contribution in [1.82, 2.24) is 9.78 Å². The molecule has 88 valence electrons. The molecule has 0 amide bonds. The van der Waals surface area contributed by atoms with E-state index in [0.29, 0.717) is 0 Å². The average Bonchev–Trinajstić information content (AvgIpc) is 2.75. The Hall–Kier alpha value is -1.62. The lowest BCUT2D eigenvalue weighted by Crippen LogP contribution is -2.40. The van der Waals surface area contributed by atoms with Crippen molar-refractivity contribution >= 4 is 12.2 Å². The fourth-order valence-corrected chi connectivity index (χ4v) is 1.33. The molecule has 5 heteroatoms. The molecule has 1 aromatic rings. The topological polar surface area (TPSA) is 64.4 Å². The molecule has 0 aromatic carbocycles. The Morgan fingerprint density at radius 3 is 2.81 bits per heavy atom. The Bertz CT molecular complexity index is 396. The van der Waals surface area contributed by atoms with Gasteiger partial charge in [0.05, 0.1) is 13.3 Å². The van der Waals surface area contributed by atoms with Gasteiger partial charge in [-0.1, -0.05) is 20.4 Å². The third kappa shape index (κ3) is 2.14. The van der Waals surface area contributed by atoms with E-state index in [9.17, 15) is 9.90 Å². The number of hydrogen-bond acceptors (Lipinski definition) is 4. The van der Waals surface area contributed by atoms with E-state index in [1.165, 1.54) is 18.0 Å². The first-order valence-electron chi connectivity index (χ1n) is 4.86. The second-order valence-electron chi connectivity index (χ2n) is 4.04. The molecule has 1 rings (SSSR count). The van der Waals surface area contributed by atoms with E-state index in [1.807, 2.05) is 0 Å². The maximum Gasteiger partial charge on any atom is 0.335 e. The molecule has 0 aliphatic carbocycles. The van der Waals surface area contributed by atoms with Crippen LogP contribution in [0.15, 0.2) is 19.0 Å². The summed E-state index contributed by atoms with van der Waals surface area (Å²) in [6.45, 7) is 7.07. The fraction of sp³-hybridized carbons (Fsp3) is 0.455. The molecule has 0 radical (unpaired) electrons. The molecule has 1 aromatic heterocycles. The van der Waals surface area contributed by atoms with Gasteiger partial charge in [0.1, 0.15) is 0 Å². The van der Waals surface area contributed by atoms with Crippen molar-refractivity contribution in [3.8, 4) is 0 Å². The summed E-state index contributed by atoms with van der Waals surface area (Å²) >= 11 is 0. The van der Waals surface area contributed by atoms with E-state index in [1.54, 1.807) is 26.2 Å². The Morgan fingerprint density at radius 2 is 2.38 bits per heavy atom. The summed E-state index contributed by atoms with van der Waals surface area (Å²) in [4.78, 5) is 11.3. The quantitative estimate of drug-likeness (QED) is 0.768. The molecule has 1 heterocycles. The lowest BCUT2D eigenvalue weighted by molar-refractivity contribution is -0.153. The van der Waals surface area contributed by atoms with Gasteiger partial charge in [-0.05, 0) is 5.56 Å². The van der Waals surface area contributed by atoms with Gasteiger partial charge in [0.2, 0.25) is 0 Å². The number of nitrogens with zero attached hydrogens (tertiary/aromatic N) is 2. The normalized spacial score (nSPS) is 13.2. The Labute approximate surface area is 94.3 Å². The summed E-state index contributed by atoms with van der Waals surface area (Å²) < 4.78 is 6.03. The molecule has 0 saturated carbocycles. The predicted octanol–water partition coefficient (Wildman–Crippen LogP) is 0.795. The number of methoxy groups -OCH3 is 1. The molecule has 0 fully saturated rings. The number of ether oxygens (including phenoxy) is 1. The predicted molar refractivity (Wildman–Crippen MR) is 59.7 cm³/mol. The van der Waals surface area contributed by atoms with Crippen LogP contribution in [0.5, 0.6) is 0 Å². The molecule has 1 unspecified atom stereocenters. The van der Waals surface area contributed by atoms with Gasteiger partial charge in [-0.2, -0.15) is 5.10 Å². The number of aliphatic hydroxyl groups is 1. The van der Waals surface area contributed by atoms with Crippen molar-refractivity contribution in [2.45, 2.75) is 25.4 Å². The largest absolute Gasteiger partial charge is 0.467 e. The van der Waals surface area contributed by atoms with E-state index in [2.05, 4.69) is 16.4 Å². The van der Waals surface area contributed by atoms with E-state index in [0.717, 1.165) is 5.56 Å². The summed E-state index contributed by atoms with van der Waals surface area (Å²) in [6.07, 6.45) is 3.61. The Balaban J connectivity index is 3.00. The molecule has 0 aliphatic rings. The Morgan fingerprint density at radius 1 is 1.75 bits per heavy atom. The summed E-state index contributed by atoms with van der Waals surface area (Å²) in [5.41, 5.74) is -0.0146. The van der Waals surface area contributed by atoms with Crippen molar-refractivity contribution in [3.63, 3.8) is 0 Å². The van der Waals surface area contributed by atoms with Crippen LogP contribution in [-0.4, -0.2) is 34.1 Å². The standard InChI is InChI=1S/C11H16N2O3/c1-5-13-7-8(6-12-13)11(2,3)9(14)10(15)16-4/h5-7,9,14H,1H2,2-4H3. The summed E-state index contributed by atoms with van der Waals surface area (Å²) in [5, 5.41) is 13.8. The zero-order chi connectivity index (χ0) is 12.3. The molecule has 16 heavy (non-hydrogen) atoms. The monoisotopic (exact) mass is 224 g/mol. The van der Waals surface area contributed by atoms with Crippen molar-refractivity contribution in [2.75, 3.05) is 7.11 Å². The van der Waals surface area contributed by atoms with Crippen molar-refractivity contribution in [1.29, 1.82) is 0 Å². The minimum absolute atomic E-state index is 0.656. The molecule has 0 aliphatic heterocycles. The SMILES string of the molecule is C=Cn1cc(C(C)(C)C(O)C(=O)OC)cn1. The molecular weight excluding hydrogens is 208 g/mol. The first-order valence-corrected chi connectivity index (χ1v) is 4.86. The Kier molecular flexibility index (Phi) is 3.49. The van der Waals surface area contributed by atoms with Crippen LogP contribution in [0.2, 0.25) is 0 Å². The molecule has 1 N–H and O–H groups in total. The van der Waals surface area contributed by atoms with Crippen LogP contribution in [0.25, 0.3) is 6.20 Å². The number of rotatable bonds is 4. The highest BCUT2D eigenvalue weighted by Gasteiger charge is 2.36. The van der Waals surface area contributed by atoms with Gasteiger partial charge in [-0.25, -0.2) is 9.48 Å². The van der Waals surface area contributed by atoms with E-state index in [-0.39, 0.29) is 0 Å². The van der Waals surface area contributed by atoms with Crippen LogP contribution in [0.4, 0.5) is 0 Å². The summed E-state index contributed by atoms with van der Waals surface area (Å²) in [7, 11) is 1.24. The van der Waals surface area contributed by atoms with E-state index >= 15 is 0 Å². The van der Waals surface area contributed by atoms with Gasteiger partial charge in [0.25, 0.3) is 0 Å². The van der Waals surface area contributed by atoms with Gasteiger partial charge in [-0.15, -0.1) is 0 Å². The summed E-state index contributed by atoms with van der Waals surface area (Å²) in [5.74, 6) is -0.656. The van der Waals surface area contributed by atoms with Crippen LogP contribution in [-0.2, 0) is 14.9 Å². The first-order chi connectivity index (χ1) is 7.43. The van der Waals surface area contributed by atoms with Crippen molar-refractivity contribution < 1.29 is 14.6 Å². The highest BCUT2D eigenvalue weighted by Crippen LogP contribution is 2.27. The number of carbonyl (C=O) groups excluding carboxylic acids is 1. The van der Waals surface area contributed by atoms with Crippen LogP contribution >= 0.6 is 0 Å². The van der Waals surface area contributed by atoms with Gasteiger partial charge in [0.15, 0.2) is 6.10 Å². The lowest BCUT2D eigenvalue weighted by atomic mass is 9.81.